The van der Waals surface area contributed by atoms with Crippen molar-refractivity contribution in [1.82, 2.24) is 14.9 Å². The molecule has 2 aromatic rings. The molecule has 0 unspecified atom stereocenters. The van der Waals surface area contributed by atoms with Crippen LogP contribution in [-0.4, -0.2) is 28.0 Å². The van der Waals surface area contributed by atoms with Crippen molar-refractivity contribution in [3.63, 3.8) is 0 Å². The Kier molecular flexibility index (Phi) is 5.09. The summed E-state index contributed by atoms with van der Waals surface area (Å²) >= 11 is 1.90. The third-order valence-corrected chi connectivity index (χ3v) is 6.07. The summed E-state index contributed by atoms with van der Waals surface area (Å²) in [7, 11) is 0. The number of aromatic nitrogens is 2. The molecular formula is C18H27N3S. The van der Waals surface area contributed by atoms with Gasteiger partial charge in [-0.3, -0.25) is 4.90 Å². The number of nitrogens with zero attached hydrogens (tertiary/aromatic N) is 3. The fraction of sp³-hybridized carbons (Fsp3) is 0.667. The Morgan fingerprint density at radius 3 is 2.55 bits per heavy atom. The maximum atomic E-state index is 4.75. The molecule has 0 N–H and O–H groups in total. The van der Waals surface area contributed by atoms with Gasteiger partial charge in [0.05, 0.1) is 5.69 Å². The van der Waals surface area contributed by atoms with Crippen molar-refractivity contribution in [3.05, 3.63) is 22.5 Å². The molecule has 0 aromatic carbocycles. The first-order chi connectivity index (χ1) is 10.7. The van der Waals surface area contributed by atoms with Gasteiger partial charge in [0.1, 0.15) is 10.7 Å². The number of hydrogen-bond acceptors (Lipinski definition) is 4. The second-order valence-electron chi connectivity index (χ2n) is 6.38. The topological polar surface area (TPSA) is 29.0 Å². The summed E-state index contributed by atoms with van der Waals surface area (Å²) < 4.78 is 0. The Hall–Kier alpha value is -1.00. The van der Waals surface area contributed by atoms with E-state index in [2.05, 4.69) is 24.8 Å². The predicted molar refractivity (Wildman–Crippen MR) is 94.6 cm³/mol. The molecule has 0 atom stereocenters. The summed E-state index contributed by atoms with van der Waals surface area (Å²) in [6.07, 6.45) is 6.88. The second kappa shape index (κ2) is 7.05. The summed E-state index contributed by atoms with van der Waals surface area (Å²) in [6.45, 7) is 9.53. The average Bonchev–Trinajstić information content (AvgIpc) is 2.97. The van der Waals surface area contributed by atoms with E-state index in [1.807, 2.05) is 18.3 Å². The van der Waals surface area contributed by atoms with E-state index in [0.29, 0.717) is 0 Å². The third kappa shape index (κ3) is 3.33. The Bertz CT molecular complexity index is 625. The molecule has 1 aliphatic rings. The highest BCUT2D eigenvalue weighted by Gasteiger charge is 2.20. The van der Waals surface area contributed by atoms with Crippen molar-refractivity contribution in [1.29, 1.82) is 0 Å². The molecule has 0 aliphatic heterocycles. The maximum absolute atomic E-state index is 4.75. The van der Waals surface area contributed by atoms with Gasteiger partial charge in [-0.15, -0.1) is 11.3 Å². The number of aryl methyl sites for hydroxylation is 1. The third-order valence-electron chi connectivity index (χ3n) is 4.88. The van der Waals surface area contributed by atoms with Crippen molar-refractivity contribution < 1.29 is 0 Å². The van der Waals surface area contributed by atoms with Crippen LogP contribution in [0.4, 0.5) is 0 Å². The van der Waals surface area contributed by atoms with E-state index in [-0.39, 0.29) is 0 Å². The summed E-state index contributed by atoms with van der Waals surface area (Å²) in [5.41, 5.74) is 1.21. The first kappa shape index (κ1) is 15.9. The Morgan fingerprint density at radius 2 is 1.86 bits per heavy atom. The van der Waals surface area contributed by atoms with Crippen LogP contribution in [0.15, 0.2) is 6.07 Å². The van der Waals surface area contributed by atoms with Gasteiger partial charge in [-0.25, -0.2) is 9.97 Å². The van der Waals surface area contributed by atoms with E-state index < -0.39 is 0 Å². The number of rotatable bonds is 5. The van der Waals surface area contributed by atoms with Crippen LogP contribution < -0.4 is 0 Å². The lowest BCUT2D eigenvalue weighted by molar-refractivity contribution is 0.293. The SMILES string of the molecule is CCN(CC)Cc1nc(C)nc2sc(C3CCCCC3)cc12. The molecule has 120 valence electrons. The van der Waals surface area contributed by atoms with Gasteiger partial charge in [0.2, 0.25) is 0 Å². The van der Waals surface area contributed by atoms with Gasteiger partial charge in [0.15, 0.2) is 0 Å². The lowest BCUT2D eigenvalue weighted by Gasteiger charge is -2.19. The highest BCUT2D eigenvalue weighted by Crippen LogP contribution is 2.39. The molecule has 0 bridgehead atoms. The lowest BCUT2D eigenvalue weighted by Crippen LogP contribution is -2.23. The van der Waals surface area contributed by atoms with E-state index >= 15 is 0 Å². The summed E-state index contributed by atoms with van der Waals surface area (Å²) in [6, 6.07) is 2.40. The van der Waals surface area contributed by atoms with Gasteiger partial charge in [-0.1, -0.05) is 33.1 Å². The molecule has 22 heavy (non-hydrogen) atoms. The minimum atomic E-state index is 0.759. The summed E-state index contributed by atoms with van der Waals surface area (Å²) in [5, 5.41) is 1.29. The van der Waals surface area contributed by atoms with Gasteiger partial charge >= 0.3 is 0 Å². The zero-order valence-electron chi connectivity index (χ0n) is 14.1. The molecular weight excluding hydrogens is 290 g/mol. The van der Waals surface area contributed by atoms with E-state index in [1.54, 1.807) is 0 Å². The second-order valence-corrected chi connectivity index (χ2v) is 7.44. The largest absolute Gasteiger partial charge is 0.298 e. The lowest BCUT2D eigenvalue weighted by atomic mass is 9.88. The van der Waals surface area contributed by atoms with Gasteiger partial charge in [-0.2, -0.15) is 0 Å². The van der Waals surface area contributed by atoms with Crippen LogP contribution in [0.1, 0.15) is 68.3 Å². The van der Waals surface area contributed by atoms with E-state index in [9.17, 15) is 0 Å². The highest BCUT2D eigenvalue weighted by atomic mass is 32.1. The van der Waals surface area contributed by atoms with Crippen molar-refractivity contribution in [2.45, 2.75) is 65.3 Å². The normalized spacial score (nSPS) is 16.7. The Labute approximate surface area is 137 Å². The van der Waals surface area contributed by atoms with Crippen LogP contribution in [0.5, 0.6) is 0 Å². The zero-order valence-corrected chi connectivity index (χ0v) is 14.9. The Balaban J connectivity index is 1.95. The van der Waals surface area contributed by atoms with Crippen LogP contribution in [0.2, 0.25) is 0 Å². The van der Waals surface area contributed by atoms with Crippen LogP contribution in [-0.2, 0) is 6.54 Å². The number of thiophene rings is 1. The fourth-order valence-corrected chi connectivity index (χ4v) is 4.75. The minimum Gasteiger partial charge on any atom is -0.298 e. The van der Waals surface area contributed by atoms with Crippen LogP contribution in [0.25, 0.3) is 10.2 Å². The van der Waals surface area contributed by atoms with E-state index in [4.69, 9.17) is 9.97 Å². The molecule has 3 rings (SSSR count). The zero-order chi connectivity index (χ0) is 15.5. The predicted octanol–water partition coefficient (Wildman–Crippen LogP) is 4.89. The molecule has 0 spiro atoms. The smallest absolute Gasteiger partial charge is 0.127 e. The van der Waals surface area contributed by atoms with Crippen molar-refractivity contribution in [3.8, 4) is 0 Å². The average molecular weight is 318 g/mol. The summed E-state index contributed by atoms with van der Waals surface area (Å²) in [4.78, 5) is 14.6. The van der Waals surface area contributed by atoms with Gasteiger partial charge < -0.3 is 0 Å². The molecule has 2 heterocycles. The standard InChI is InChI=1S/C18H27N3S/c1-4-21(5-2)12-16-15-11-17(14-9-7-6-8-10-14)22-18(15)20-13(3)19-16/h11,14H,4-10,12H2,1-3H3. The first-order valence-corrected chi connectivity index (χ1v) is 9.52. The quantitative estimate of drug-likeness (QED) is 0.786. The molecule has 0 amide bonds. The molecule has 3 nitrogen and oxygen atoms in total. The molecule has 2 aromatic heterocycles. The highest BCUT2D eigenvalue weighted by molar-refractivity contribution is 7.18. The molecule has 4 heteroatoms. The van der Waals surface area contributed by atoms with Crippen molar-refractivity contribution >= 4 is 21.6 Å². The summed E-state index contributed by atoms with van der Waals surface area (Å²) in [5.74, 6) is 1.67. The number of fused-ring (bicyclic) bond motifs is 1. The van der Waals surface area contributed by atoms with Crippen LogP contribution in [0.3, 0.4) is 0 Å². The van der Waals surface area contributed by atoms with Gasteiger partial charge in [-0.05, 0) is 44.8 Å². The monoisotopic (exact) mass is 317 g/mol. The van der Waals surface area contributed by atoms with Gasteiger partial charge in [0.25, 0.3) is 0 Å². The maximum Gasteiger partial charge on any atom is 0.127 e. The number of hydrogen-bond donors (Lipinski definition) is 0. The van der Waals surface area contributed by atoms with Crippen LogP contribution >= 0.6 is 11.3 Å². The molecule has 0 saturated heterocycles. The molecule has 1 saturated carbocycles. The van der Waals surface area contributed by atoms with Gasteiger partial charge in [0, 0.05) is 16.8 Å². The Morgan fingerprint density at radius 1 is 1.14 bits per heavy atom. The van der Waals surface area contributed by atoms with Crippen LogP contribution in [0, 0.1) is 6.92 Å². The first-order valence-electron chi connectivity index (χ1n) is 8.70. The van der Waals surface area contributed by atoms with E-state index in [0.717, 1.165) is 31.4 Å². The molecule has 0 radical (unpaired) electrons. The molecule has 1 aliphatic carbocycles. The van der Waals surface area contributed by atoms with Crippen molar-refractivity contribution in [2.24, 2.45) is 0 Å². The molecule has 1 fully saturated rings. The minimum absolute atomic E-state index is 0.759. The van der Waals surface area contributed by atoms with E-state index in [1.165, 1.54) is 52.9 Å². The van der Waals surface area contributed by atoms with Crippen molar-refractivity contribution in [2.75, 3.05) is 13.1 Å². The fourth-order valence-electron chi connectivity index (χ4n) is 3.49.